The number of nitrogens with zero attached hydrogens (tertiary/aromatic N) is 4. The van der Waals surface area contributed by atoms with Gasteiger partial charge in [-0.05, 0) is 67.6 Å². The minimum atomic E-state index is -0.448. The van der Waals surface area contributed by atoms with Crippen LogP contribution in [-0.4, -0.2) is 76.1 Å². The highest BCUT2D eigenvalue weighted by Crippen LogP contribution is 2.28. The van der Waals surface area contributed by atoms with E-state index in [0.717, 1.165) is 23.2 Å². The number of aromatic nitrogens is 2. The second-order valence-corrected chi connectivity index (χ2v) is 11.6. The molecule has 5 rings (SSSR count). The minimum absolute atomic E-state index is 0.139. The molecule has 10 nitrogen and oxygen atoms in total. The van der Waals surface area contributed by atoms with E-state index in [1.54, 1.807) is 28.8 Å². The maximum absolute atomic E-state index is 13.7. The van der Waals surface area contributed by atoms with Crippen molar-refractivity contribution in [1.29, 1.82) is 0 Å². The number of rotatable bonds is 4. The van der Waals surface area contributed by atoms with Gasteiger partial charge in [-0.15, -0.1) is 0 Å². The van der Waals surface area contributed by atoms with Crippen LogP contribution in [0.4, 0.5) is 0 Å². The minimum Gasteiger partial charge on any atom is -0.457 e. The fourth-order valence-corrected chi connectivity index (χ4v) is 5.44. The summed E-state index contributed by atoms with van der Waals surface area (Å²) in [5.74, 6) is 0.849. The molecule has 222 valence electrons. The number of amides is 3. The zero-order valence-corrected chi connectivity index (χ0v) is 24.9. The van der Waals surface area contributed by atoms with E-state index >= 15 is 0 Å². The normalized spacial score (nSPS) is 19.5. The van der Waals surface area contributed by atoms with Gasteiger partial charge in [0.2, 0.25) is 5.91 Å². The maximum Gasteiger partial charge on any atom is 0.272 e. The topological polar surface area (TPSA) is 106 Å². The molecular formula is C32H39N5O5. The van der Waals surface area contributed by atoms with E-state index in [4.69, 9.17) is 9.47 Å². The Kier molecular flexibility index (Phi) is 8.63. The maximum atomic E-state index is 13.7. The summed E-state index contributed by atoms with van der Waals surface area (Å²) in [5, 5.41) is 7.67. The first-order valence-electron chi connectivity index (χ1n) is 14.5. The lowest BCUT2D eigenvalue weighted by Crippen LogP contribution is -2.48. The molecular weight excluding hydrogens is 534 g/mol. The van der Waals surface area contributed by atoms with Gasteiger partial charge >= 0.3 is 0 Å². The van der Waals surface area contributed by atoms with E-state index in [1.165, 1.54) is 4.90 Å². The standard InChI is InChI=1S/C32H39N5O5/c1-6-37-27(15-24(34-37)12-20(2)3)32(40)36-16-26-29(17-36)41-19-22-8-7-9-25(13-22)42-28-14-23(11-10-21(28)4)31(39)35(5)18-30(38)33-26/h7-11,13-15,20,26,29H,6,12,16-19H2,1-5H3,(H,33,38)/t26-,29-/m0/s1. The lowest BCUT2D eigenvalue weighted by Gasteiger charge is -2.23. The predicted octanol–water partition coefficient (Wildman–Crippen LogP) is 3.81. The number of fused-ring (bicyclic) bond motifs is 5. The number of likely N-dealkylation sites (N-methyl/N-ethyl adjacent to an activating group) is 1. The molecule has 0 radical (unpaired) electrons. The molecule has 42 heavy (non-hydrogen) atoms. The SMILES string of the molecule is CCn1nc(CC(C)C)cc1C(=O)N1C[C@@H]2NC(=O)CN(C)C(=O)c3ccc(C)c(c3)Oc3cccc(c3)CO[C@H]2C1. The monoisotopic (exact) mass is 573 g/mol. The van der Waals surface area contributed by atoms with Crippen molar-refractivity contribution in [3.63, 3.8) is 0 Å². The lowest BCUT2D eigenvalue weighted by atomic mass is 10.1. The van der Waals surface area contributed by atoms with Gasteiger partial charge in [0.05, 0.1) is 31.0 Å². The summed E-state index contributed by atoms with van der Waals surface area (Å²) < 4.78 is 14.2. The largest absolute Gasteiger partial charge is 0.457 e. The molecule has 3 aromatic rings. The number of likely N-dealkylation sites (tertiary alicyclic amines) is 1. The van der Waals surface area contributed by atoms with Gasteiger partial charge in [0.1, 0.15) is 17.2 Å². The third kappa shape index (κ3) is 6.49. The zero-order valence-electron chi connectivity index (χ0n) is 24.9. The fraction of sp³-hybridized carbons (Fsp3) is 0.438. The van der Waals surface area contributed by atoms with Gasteiger partial charge in [-0.2, -0.15) is 5.10 Å². The predicted molar refractivity (Wildman–Crippen MR) is 158 cm³/mol. The highest BCUT2D eigenvalue weighted by Gasteiger charge is 2.38. The number of carbonyl (C=O) groups excluding carboxylic acids is 3. The summed E-state index contributed by atoms with van der Waals surface area (Å²) in [5.41, 5.74) is 3.62. The summed E-state index contributed by atoms with van der Waals surface area (Å²) in [6, 6.07) is 14.3. The Morgan fingerprint density at radius 1 is 1.12 bits per heavy atom. The molecule has 0 spiro atoms. The van der Waals surface area contributed by atoms with Gasteiger partial charge in [-0.25, -0.2) is 0 Å². The molecule has 2 atom stereocenters. The summed E-state index contributed by atoms with van der Waals surface area (Å²) in [6.07, 6.45) is 0.343. The molecule has 1 saturated heterocycles. The number of aryl methyl sites for hydroxylation is 2. The zero-order chi connectivity index (χ0) is 30.0. The molecule has 2 aliphatic heterocycles. The van der Waals surface area contributed by atoms with Gasteiger partial charge < -0.3 is 24.6 Å². The number of nitrogens with one attached hydrogen (secondary N) is 1. The Balaban J connectivity index is 1.41. The van der Waals surface area contributed by atoms with Crippen LogP contribution in [-0.2, 0) is 29.1 Å². The average Bonchev–Trinajstić information content (AvgIpc) is 3.55. The van der Waals surface area contributed by atoms with Crippen LogP contribution >= 0.6 is 0 Å². The van der Waals surface area contributed by atoms with Gasteiger partial charge in [0.15, 0.2) is 0 Å². The van der Waals surface area contributed by atoms with Gasteiger partial charge in [-0.3, -0.25) is 19.1 Å². The second kappa shape index (κ2) is 12.4. The van der Waals surface area contributed by atoms with E-state index in [2.05, 4.69) is 24.3 Å². The van der Waals surface area contributed by atoms with E-state index in [0.29, 0.717) is 41.8 Å². The van der Waals surface area contributed by atoms with Crippen LogP contribution in [0.3, 0.4) is 0 Å². The van der Waals surface area contributed by atoms with Crippen molar-refractivity contribution >= 4 is 17.7 Å². The van der Waals surface area contributed by atoms with Gasteiger partial charge in [-0.1, -0.05) is 32.0 Å². The second-order valence-electron chi connectivity index (χ2n) is 11.6. The van der Waals surface area contributed by atoms with Crippen molar-refractivity contribution in [1.82, 2.24) is 24.9 Å². The molecule has 0 unspecified atom stereocenters. The van der Waals surface area contributed by atoms with Crippen LogP contribution in [0.1, 0.15) is 58.4 Å². The van der Waals surface area contributed by atoms with Crippen LogP contribution in [0.25, 0.3) is 0 Å². The molecule has 0 saturated carbocycles. The quantitative estimate of drug-likeness (QED) is 0.509. The van der Waals surface area contributed by atoms with Crippen LogP contribution < -0.4 is 10.1 Å². The number of hydrogen-bond donors (Lipinski definition) is 1. The molecule has 2 aromatic carbocycles. The average molecular weight is 574 g/mol. The Morgan fingerprint density at radius 3 is 2.69 bits per heavy atom. The molecule has 3 heterocycles. The molecule has 1 aromatic heterocycles. The highest BCUT2D eigenvalue weighted by molar-refractivity contribution is 5.97. The molecule has 3 amide bonds. The van der Waals surface area contributed by atoms with Crippen molar-refractivity contribution in [2.75, 3.05) is 26.7 Å². The first-order valence-corrected chi connectivity index (χ1v) is 14.5. The van der Waals surface area contributed by atoms with Crippen molar-refractivity contribution in [2.45, 2.75) is 59.4 Å². The Bertz CT molecular complexity index is 1480. The third-order valence-corrected chi connectivity index (χ3v) is 7.62. The van der Waals surface area contributed by atoms with E-state index in [-0.39, 0.29) is 37.4 Å². The van der Waals surface area contributed by atoms with E-state index in [1.807, 2.05) is 50.2 Å². The number of hydrogen-bond acceptors (Lipinski definition) is 6. The van der Waals surface area contributed by atoms with Crippen LogP contribution in [0.15, 0.2) is 48.5 Å². The van der Waals surface area contributed by atoms with Crippen molar-refractivity contribution < 1.29 is 23.9 Å². The summed E-state index contributed by atoms with van der Waals surface area (Å²) in [7, 11) is 1.59. The molecule has 1 N–H and O–H groups in total. The van der Waals surface area contributed by atoms with Crippen molar-refractivity contribution in [3.05, 3.63) is 76.6 Å². The van der Waals surface area contributed by atoms with Crippen LogP contribution in [0, 0.1) is 12.8 Å². The Morgan fingerprint density at radius 2 is 1.93 bits per heavy atom. The lowest BCUT2D eigenvalue weighted by molar-refractivity contribution is -0.123. The molecule has 2 aliphatic rings. The summed E-state index contributed by atoms with van der Waals surface area (Å²) in [6.45, 7) is 9.44. The number of benzene rings is 2. The molecule has 1 fully saturated rings. The third-order valence-electron chi connectivity index (χ3n) is 7.62. The molecule has 4 bridgehead atoms. The molecule has 0 aliphatic carbocycles. The smallest absolute Gasteiger partial charge is 0.272 e. The fourth-order valence-electron chi connectivity index (χ4n) is 5.44. The first kappa shape index (κ1) is 29.3. The highest BCUT2D eigenvalue weighted by atomic mass is 16.5. The summed E-state index contributed by atoms with van der Waals surface area (Å²) in [4.78, 5) is 43.1. The van der Waals surface area contributed by atoms with Gasteiger partial charge in [0.25, 0.3) is 11.8 Å². The van der Waals surface area contributed by atoms with E-state index < -0.39 is 12.1 Å². The van der Waals surface area contributed by atoms with Gasteiger partial charge in [0, 0.05) is 32.2 Å². The number of ether oxygens (including phenoxy) is 2. The van der Waals surface area contributed by atoms with Crippen LogP contribution in [0.2, 0.25) is 0 Å². The Labute approximate surface area is 246 Å². The van der Waals surface area contributed by atoms with E-state index in [9.17, 15) is 14.4 Å². The molecule has 10 heteroatoms. The van der Waals surface area contributed by atoms with Crippen LogP contribution in [0.5, 0.6) is 11.5 Å². The summed E-state index contributed by atoms with van der Waals surface area (Å²) >= 11 is 0. The number of carbonyl (C=O) groups is 3. The van der Waals surface area contributed by atoms with Crippen molar-refractivity contribution in [2.24, 2.45) is 5.92 Å². The van der Waals surface area contributed by atoms with Crippen molar-refractivity contribution in [3.8, 4) is 11.5 Å². The first-order chi connectivity index (χ1) is 20.1. The Hall–Kier alpha value is -4.18.